The van der Waals surface area contributed by atoms with Gasteiger partial charge in [-0.1, -0.05) is 35.5 Å². The second-order valence-electron chi connectivity index (χ2n) is 4.62. The van der Waals surface area contributed by atoms with Crippen molar-refractivity contribution in [2.45, 2.75) is 13.5 Å². The predicted octanol–water partition coefficient (Wildman–Crippen LogP) is 3.17. The molecule has 0 radical (unpaired) electrons. The molecule has 19 heavy (non-hydrogen) atoms. The van der Waals surface area contributed by atoms with Crippen molar-refractivity contribution >= 4 is 16.5 Å². The van der Waals surface area contributed by atoms with Gasteiger partial charge >= 0.3 is 0 Å². The third-order valence-electron chi connectivity index (χ3n) is 3.12. The molecule has 0 aliphatic rings. The maximum atomic E-state index is 5.14. The van der Waals surface area contributed by atoms with E-state index in [4.69, 9.17) is 4.52 Å². The Bertz CT molecular complexity index is 705. The Morgan fingerprint density at radius 2 is 1.89 bits per heavy atom. The molecule has 1 aromatic heterocycles. The van der Waals surface area contributed by atoms with Crippen molar-refractivity contribution in [3.05, 3.63) is 54.2 Å². The number of benzene rings is 2. The van der Waals surface area contributed by atoms with Crippen molar-refractivity contribution in [2.75, 3.05) is 11.9 Å². The van der Waals surface area contributed by atoms with Crippen molar-refractivity contribution in [1.82, 2.24) is 10.1 Å². The second kappa shape index (κ2) is 4.72. The lowest BCUT2D eigenvalue weighted by atomic mass is 10.1. The SMILES string of the molecule is Cc1noc(CN(C)c2ccc3ccccc3c2)n1. The van der Waals surface area contributed by atoms with E-state index in [1.807, 2.05) is 26.1 Å². The number of aryl methyl sites for hydroxylation is 1. The van der Waals surface area contributed by atoms with E-state index in [0.29, 0.717) is 18.3 Å². The van der Waals surface area contributed by atoms with Gasteiger partial charge in [0.25, 0.3) is 0 Å². The van der Waals surface area contributed by atoms with Crippen LogP contribution in [-0.4, -0.2) is 17.2 Å². The van der Waals surface area contributed by atoms with Crippen LogP contribution in [0.25, 0.3) is 10.8 Å². The molecule has 0 saturated carbocycles. The molecule has 3 rings (SSSR count). The molecule has 4 heteroatoms. The molecular weight excluding hydrogens is 238 g/mol. The van der Waals surface area contributed by atoms with Crippen LogP contribution in [0, 0.1) is 6.92 Å². The van der Waals surface area contributed by atoms with Crippen molar-refractivity contribution in [3.8, 4) is 0 Å². The van der Waals surface area contributed by atoms with Crippen molar-refractivity contribution in [3.63, 3.8) is 0 Å². The predicted molar refractivity (Wildman–Crippen MR) is 75.1 cm³/mol. The lowest BCUT2D eigenvalue weighted by molar-refractivity contribution is 0.374. The minimum Gasteiger partial charge on any atom is -0.365 e. The summed E-state index contributed by atoms with van der Waals surface area (Å²) in [5.41, 5.74) is 1.13. The van der Waals surface area contributed by atoms with Crippen LogP contribution < -0.4 is 4.90 Å². The quantitative estimate of drug-likeness (QED) is 0.719. The van der Waals surface area contributed by atoms with Gasteiger partial charge in [-0.3, -0.25) is 0 Å². The van der Waals surface area contributed by atoms with E-state index < -0.39 is 0 Å². The van der Waals surface area contributed by atoms with Gasteiger partial charge in [0, 0.05) is 12.7 Å². The maximum Gasteiger partial charge on any atom is 0.246 e. The molecule has 0 saturated heterocycles. The van der Waals surface area contributed by atoms with Crippen molar-refractivity contribution in [1.29, 1.82) is 0 Å². The highest BCUT2D eigenvalue weighted by molar-refractivity contribution is 5.85. The monoisotopic (exact) mass is 253 g/mol. The number of hydrogen-bond acceptors (Lipinski definition) is 4. The van der Waals surface area contributed by atoms with Crippen LogP contribution in [0.2, 0.25) is 0 Å². The average Bonchev–Trinajstić information content (AvgIpc) is 2.83. The largest absolute Gasteiger partial charge is 0.365 e. The third-order valence-corrected chi connectivity index (χ3v) is 3.12. The van der Waals surface area contributed by atoms with Crippen LogP contribution in [0.3, 0.4) is 0 Å². The van der Waals surface area contributed by atoms with Gasteiger partial charge in [0.15, 0.2) is 5.82 Å². The zero-order valence-electron chi connectivity index (χ0n) is 11.0. The van der Waals surface area contributed by atoms with Gasteiger partial charge in [0.1, 0.15) is 0 Å². The van der Waals surface area contributed by atoms with Crippen LogP contribution in [0.5, 0.6) is 0 Å². The average molecular weight is 253 g/mol. The Hall–Kier alpha value is -2.36. The second-order valence-corrected chi connectivity index (χ2v) is 4.62. The smallest absolute Gasteiger partial charge is 0.246 e. The van der Waals surface area contributed by atoms with Gasteiger partial charge in [-0.25, -0.2) is 0 Å². The van der Waals surface area contributed by atoms with Gasteiger partial charge < -0.3 is 9.42 Å². The van der Waals surface area contributed by atoms with Crippen molar-refractivity contribution in [2.24, 2.45) is 0 Å². The lowest BCUT2D eigenvalue weighted by Crippen LogP contribution is -2.16. The normalized spacial score (nSPS) is 10.8. The third kappa shape index (κ3) is 2.42. The van der Waals surface area contributed by atoms with E-state index in [1.54, 1.807) is 0 Å². The Morgan fingerprint density at radius 1 is 1.11 bits per heavy atom. The first-order chi connectivity index (χ1) is 9.22. The van der Waals surface area contributed by atoms with E-state index >= 15 is 0 Å². The van der Waals surface area contributed by atoms with E-state index in [9.17, 15) is 0 Å². The first kappa shape index (κ1) is 11.7. The van der Waals surface area contributed by atoms with Crippen molar-refractivity contribution < 1.29 is 4.52 Å². The molecule has 0 bridgehead atoms. The van der Waals surface area contributed by atoms with Gasteiger partial charge in [-0.2, -0.15) is 4.98 Å². The maximum absolute atomic E-state index is 5.14. The van der Waals surface area contributed by atoms with Crippen LogP contribution in [0.4, 0.5) is 5.69 Å². The van der Waals surface area contributed by atoms with Crippen LogP contribution >= 0.6 is 0 Å². The first-order valence-electron chi connectivity index (χ1n) is 6.21. The molecule has 0 atom stereocenters. The molecular formula is C15H15N3O. The molecule has 0 N–H and O–H groups in total. The highest BCUT2D eigenvalue weighted by Gasteiger charge is 2.08. The Labute approximate surface area is 111 Å². The zero-order valence-corrected chi connectivity index (χ0v) is 11.0. The Morgan fingerprint density at radius 3 is 2.63 bits per heavy atom. The molecule has 0 aliphatic carbocycles. The number of nitrogens with zero attached hydrogens (tertiary/aromatic N) is 3. The molecule has 3 aromatic rings. The van der Waals surface area contributed by atoms with Gasteiger partial charge in [-0.15, -0.1) is 0 Å². The molecule has 1 heterocycles. The summed E-state index contributed by atoms with van der Waals surface area (Å²) in [5, 5.41) is 6.27. The molecule has 2 aromatic carbocycles. The number of rotatable bonds is 3. The topological polar surface area (TPSA) is 42.2 Å². The summed E-state index contributed by atoms with van der Waals surface area (Å²) in [5.74, 6) is 1.30. The number of anilines is 1. The fourth-order valence-electron chi connectivity index (χ4n) is 2.11. The van der Waals surface area contributed by atoms with Gasteiger partial charge in [0.05, 0.1) is 6.54 Å². The lowest BCUT2D eigenvalue weighted by Gasteiger charge is -2.17. The molecule has 0 amide bonds. The molecule has 0 spiro atoms. The Balaban J connectivity index is 1.86. The fourth-order valence-corrected chi connectivity index (χ4v) is 2.11. The summed E-state index contributed by atoms with van der Waals surface area (Å²) < 4.78 is 5.14. The van der Waals surface area contributed by atoms with E-state index in [2.05, 4.69) is 45.4 Å². The summed E-state index contributed by atoms with van der Waals surface area (Å²) in [6, 6.07) is 14.7. The van der Waals surface area contributed by atoms with Gasteiger partial charge in [-0.05, 0) is 29.8 Å². The van der Waals surface area contributed by atoms with Gasteiger partial charge in [0.2, 0.25) is 5.89 Å². The summed E-state index contributed by atoms with van der Waals surface area (Å²) in [6.07, 6.45) is 0. The van der Waals surface area contributed by atoms with Crippen LogP contribution in [0.1, 0.15) is 11.7 Å². The van der Waals surface area contributed by atoms with E-state index in [-0.39, 0.29) is 0 Å². The number of hydrogen-bond donors (Lipinski definition) is 0. The van der Waals surface area contributed by atoms with E-state index in [1.165, 1.54) is 10.8 Å². The van der Waals surface area contributed by atoms with E-state index in [0.717, 1.165) is 5.69 Å². The van der Waals surface area contributed by atoms with Crippen LogP contribution in [-0.2, 0) is 6.54 Å². The van der Waals surface area contributed by atoms with Crippen LogP contribution in [0.15, 0.2) is 47.0 Å². The highest BCUT2D eigenvalue weighted by atomic mass is 16.5. The standard InChI is InChI=1S/C15H15N3O/c1-11-16-15(19-17-11)10-18(2)14-8-7-12-5-3-4-6-13(12)9-14/h3-9H,10H2,1-2H3. The molecule has 0 unspecified atom stereocenters. The summed E-state index contributed by atoms with van der Waals surface area (Å²) >= 11 is 0. The Kier molecular flexibility index (Phi) is 2.91. The first-order valence-corrected chi connectivity index (χ1v) is 6.21. The molecule has 4 nitrogen and oxygen atoms in total. The summed E-state index contributed by atoms with van der Waals surface area (Å²) in [6.45, 7) is 2.43. The number of fused-ring (bicyclic) bond motifs is 1. The molecule has 96 valence electrons. The molecule has 0 fully saturated rings. The highest BCUT2D eigenvalue weighted by Crippen LogP contribution is 2.22. The fraction of sp³-hybridized carbons (Fsp3) is 0.200. The summed E-state index contributed by atoms with van der Waals surface area (Å²) in [4.78, 5) is 6.32. The minimum atomic E-state index is 0.610. The number of aromatic nitrogens is 2. The summed E-state index contributed by atoms with van der Waals surface area (Å²) in [7, 11) is 2.02. The molecule has 0 aliphatic heterocycles. The minimum absolute atomic E-state index is 0.610. The zero-order chi connectivity index (χ0) is 13.2.